The van der Waals surface area contributed by atoms with Crippen molar-refractivity contribution in [3.63, 3.8) is 0 Å². The lowest BCUT2D eigenvalue weighted by Crippen LogP contribution is -1.88. The number of rotatable bonds is 3. The maximum Gasteiger partial charge on any atom is 0.0253 e. The molecule has 0 saturated carbocycles. The molecule has 0 bridgehead atoms. The lowest BCUT2D eigenvalue weighted by molar-refractivity contribution is 1.36. The fraction of sp³-hybridized carbons (Fsp3) is 0.143. The van der Waals surface area contributed by atoms with Crippen molar-refractivity contribution < 1.29 is 0 Å². The van der Waals surface area contributed by atoms with Gasteiger partial charge in [0.25, 0.3) is 0 Å². The van der Waals surface area contributed by atoms with Crippen LogP contribution in [-0.2, 0) is 8.86 Å². The molecule has 0 N–H and O–H groups in total. The van der Waals surface area contributed by atoms with Gasteiger partial charge in [0.1, 0.15) is 0 Å². The van der Waals surface area contributed by atoms with Gasteiger partial charge in [0.15, 0.2) is 0 Å². The van der Waals surface area contributed by atoms with Crippen molar-refractivity contribution in [1.82, 2.24) is 0 Å². The van der Waals surface area contributed by atoms with Gasteiger partial charge in [0.2, 0.25) is 0 Å². The predicted octanol–water partition coefficient (Wildman–Crippen LogP) is 5.22. The molecule has 82 valence electrons. The Morgan fingerprint density at radius 3 is 2.19 bits per heavy atom. The van der Waals surface area contributed by atoms with Crippen molar-refractivity contribution in [2.45, 2.75) is 8.86 Å². The Morgan fingerprint density at radius 1 is 0.812 bits per heavy atom. The van der Waals surface area contributed by atoms with Gasteiger partial charge in [0.05, 0.1) is 0 Å². The largest absolute Gasteiger partial charge is 0.0812 e. The average Bonchev–Trinajstić information content (AvgIpc) is 2.39. The molecule has 2 heteroatoms. The Bertz CT molecular complexity index is 463. The Labute approximate surface area is 124 Å². The van der Waals surface area contributed by atoms with Crippen molar-refractivity contribution >= 4 is 45.2 Å². The minimum atomic E-state index is 1.06. The molecule has 0 aliphatic rings. The van der Waals surface area contributed by atoms with E-state index in [0.29, 0.717) is 0 Å². The third-order valence-electron chi connectivity index (χ3n) is 2.55. The smallest absolute Gasteiger partial charge is 0.0253 e. The summed E-state index contributed by atoms with van der Waals surface area (Å²) >= 11 is 4.85. The topological polar surface area (TPSA) is 0 Å². The summed E-state index contributed by atoms with van der Waals surface area (Å²) in [5.74, 6) is 0. The molecule has 2 rings (SSSR count). The first kappa shape index (κ1) is 12.4. The molecular formula is C14H12I2. The van der Waals surface area contributed by atoms with Crippen molar-refractivity contribution in [2.75, 3.05) is 0 Å². The van der Waals surface area contributed by atoms with Crippen LogP contribution in [0.5, 0.6) is 0 Å². The minimum Gasteiger partial charge on any atom is -0.0812 e. The van der Waals surface area contributed by atoms with Gasteiger partial charge in [-0.2, -0.15) is 0 Å². The molecule has 0 fully saturated rings. The van der Waals surface area contributed by atoms with Crippen LogP contribution >= 0.6 is 45.2 Å². The van der Waals surface area contributed by atoms with Crippen molar-refractivity contribution in [1.29, 1.82) is 0 Å². The lowest BCUT2D eigenvalue weighted by atomic mass is 9.99. The number of hydrogen-bond acceptors (Lipinski definition) is 0. The summed E-state index contributed by atoms with van der Waals surface area (Å²) < 4.78 is 2.14. The summed E-state index contributed by atoms with van der Waals surface area (Å²) in [5, 5.41) is 0. The first-order chi connectivity index (χ1) is 7.85. The first-order valence-electron chi connectivity index (χ1n) is 5.14. The number of hydrogen-bond donors (Lipinski definition) is 0. The Hall–Kier alpha value is -0.100. The van der Waals surface area contributed by atoms with E-state index in [4.69, 9.17) is 0 Å². The first-order valence-corrected chi connectivity index (χ1v) is 8.19. The van der Waals surface area contributed by atoms with Gasteiger partial charge < -0.3 is 0 Å². The number of halogens is 2. The fourth-order valence-corrected chi connectivity index (χ4v) is 2.85. The molecule has 0 saturated heterocycles. The second kappa shape index (κ2) is 6.00. The van der Waals surface area contributed by atoms with E-state index in [-0.39, 0.29) is 0 Å². The quantitative estimate of drug-likeness (QED) is 0.459. The Balaban J connectivity index is 2.49. The highest BCUT2D eigenvalue weighted by Gasteiger charge is 2.04. The maximum atomic E-state index is 2.44. The highest BCUT2D eigenvalue weighted by molar-refractivity contribution is 14.1. The van der Waals surface area contributed by atoms with Gasteiger partial charge >= 0.3 is 0 Å². The van der Waals surface area contributed by atoms with Crippen LogP contribution in [0.15, 0.2) is 48.5 Å². The predicted molar refractivity (Wildman–Crippen MR) is 87.3 cm³/mol. The summed E-state index contributed by atoms with van der Waals surface area (Å²) in [4.78, 5) is 0. The van der Waals surface area contributed by atoms with E-state index in [1.165, 1.54) is 22.3 Å². The number of benzene rings is 2. The molecule has 0 unspecified atom stereocenters. The van der Waals surface area contributed by atoms with Gasteiger partial charge in [0, 0.05) is 8.86 Å². The van der Waals surface area contributed by atoms with E-state index >= 15 is 0 Å². The SMILES string of the molecule is ICc1ccc(-c2ccccc2)c(CI)c1. The maximum absolute atomic E-state index is 2.44. The monoisotopic (exact) mass is 434 g/mol. The normalized spacial score (nSPS) is 10.4. The zero-order chi connectivity index (χ0) is 11.4. The van der Waals surface area contributed by atoms with Gasteiger partial charge in [-0.15, -0.1) is 0 Å². The third kappa shape index (κ3) is 2.77. The lowest BCUT2D eigenvalue weighted by Gasteiger charge is -2.09. The average molecular weight is 434 g/mol. The number of alkyl halides is 2. The molecule has 0 heterocycles. The van der Waals surface area contributed by atoms with Gasteiger partial charge in [-0.1, -0.05) is 93.7 Å². The molecule has 16 heavy (non-hydrogen) atoms. The van der Waals surface area contributed by atoms with E-state index in [2.05, 4.69) is 93.7 Å². The Kier molecular flexibility index (Phi) is 4.64. The van der Waals surface area contributed by atoms with Crippen LogP contribution in [0.1, 0.15) is 11.1 Å². The second-order valence-corrected chi connectivity index (χ2v) is 5.15. The summed E-state index contributed by atoms with van der Waals surface area (Å²) in [7, 11) is 0. The minimum absolute atomic E-state index is 1.06. The van der Waals surface area contributed by atoms with Crippen LogP contribution in [-0.4, -0.2) is 0 Å². The summed E-state index contributed by atoms with van der Waals surface area (Å²) in [5.41, 5.74) is 5.52. The van der Waals surface area contributed by atoms with E-state index in [9.17, 15) is 0 Å². The highest BCUT2D eigenvalue weighted by Crippen LogP contribution is 2.27. The zero-order valence-electron chi connectivity index (χ0n) is 8.79. The summed E-state index contributed by atoms with van der Waals surface area (Å²) in [6, 6.07) is 17.4. The van der Waals surface area contributed by atoms with Crippen molar-refractivity contribution in [3.8, 4) is 11.1 Å². The molecule has 0 aromatic heterocycles. The molecule has 2 aromatic carbocycles. The van der Waals surface area contributed by atoms with Crippen LogP contribution in [0.2, 0.25) is 0 Å². The van der Waals surface area contributed by atoms with E-state index in [1.54, 1.807) is 0 Å². The molecule has 2 aromatic rings. The molecule has 0 atom stereocenters. The zero-order valence-corrected chi connectivity index (χ0v) is 13.1. The van der Waals surface area contributed by atoms with Crippen molar-refractivity contribution in [3.05, 3.63) is 59.7 Å². The standard InChI is InChI=1S/C14H12I2/c15-9-11-6-7-14(13(8-11)10-16)12-4-2-1-3-5-12/h1-8H,9-10H2. The summed E-state index contributed by atoms with van der Waals surface area (Å²) in [6.07, 6.45) is 0. The summed E-state index contributed by atoms with van der Waals surface area (Å²) in [6.45, 7) is 0. The fourth-order valence-electron chi connectivity index (χ4n) is 1.74. The Morgan fingerprint density at radius 2 is 1.56 bits per heavy atom. The van der Waals surface area contributed by atoms with E-state index in [0.717, 1.165) is 8.86 Å². The molecule has 0 aliphatic heterocycles. The molecule has 0 aliphatic carbocycles. The van der Waals surface area contributed by atoms with Crippen LogP contribution in [0, 0.1) is 0 Å². The van der Waals surface area contributed by atoms with Gasteiger partial charge in [-0.05, 0) is 22.3 Å². The van der Waals surface area contributed by atoms with E-state index in [1.807, 2.05) is 0 Å². The van der Waals surface area contributed by atoms with E-state index < -0.39 is 0 Å². The molecule has 0 radical (unpaired) electrons. The van der Waals surface area contributed by atoms with Crippen LogP contribution in [0.3, 0.4) is 0 Å². The van der Waals surface area contributed by atoms with Gasteiger partial charge in [-0.3, -0.25) is 0 Å². The second-order valence-electron chi connectivity index (χ2n) is 3.62. The third-order valence-corrected chi connectivity index (χ3v) is 4.26. The van der Waals surface area contributed by atoms with Crippen LogP contribution in [0.25, 0.3) is 11.1 Å². The van der Waals surface area contributed by atoms with Crippen LogP contribution < -0.4 is 0 Å². The molecule has 0 spiro atoms. The highest BCUT2D eigenvalue weighted by atomic mass is 127. The molecule has 0 nitrogen and oxygen atoms in total. The van der Waals surface area contributed by atoms with Gasteiger partial charge in [-0.25, -0.2) is 0 Å². The molecule has 0 amide bonds. The van der Waals surface area contributed by atoms with Crippen molar-refractivity contribution in [2.24, 2.45) is 0 Å². The van der Waals surface area contributed by atoms with Crippen LogP contribution in [0.4, 0.5) is 0 Å². The molecular weight excluding hydrogens is 422 g/mol.